The molecule has 0 bridgehead atoms. The van der Waals surface area contributed by atoms with E-state index in [0.717, 1.165) is 55.1 Å². The highest BCUT2D eigenvalue weighted by Gasteiger charge is 2.17. The summed E-state index contributed by atoms with van der Waals surface area (Å²) in [7, 11) is 0. The van der Waals surface area contributed by atoms with Crippen molar-refractivity contribution in [3.8, 4) is 17.0 Å². The van der Waals surface area contributed by atoms with E-state index in [4.69, 9.17) is 20.2 Å². The average Bonchev–Trinajstić information content (AvgIpc) is 3.21. The van der Waals surface area contributed by atoms with Crippen molar-refractivity contribution in [2.45, 2.75) is 6.92 Å². The molecule has 1 aliphatic heterocycles. The number of nitrogen functional groups attached to an aromatic ring is 1. The maximum atomic E-state index is 13.7. The Morgan fingerprint density at radius 3 is 2.87 bits per heavy atom. The number of nitrogens with zero attached hydrogens (tertiary/aromatic N) is 5. The summed E-state index contributed by atoms with van der Waals surface area (Å²) in [6.07, 6.45) is 3.42. The van der Waals surface area contributed by atoms with E-state index in [-0.39, 0.29) is 5.82 Å². The molecule has 0 spiro atoms. The molecule has 160 valence electrons. The fourth-order valence-electron chi connectivity index (χ4n) is 3.76. The summed E-state index contributed by atoms with van der Waals surface area (Å²) in [5.41, 5.74) is 9.89. The molecule has 31 heavy (non-hydrogen) atoms. The number of hydrogen-bond donors (Lipinski definition) is 1. The van der Waals surface area contributed by atoms with Crippen LogP contribution in [0.5, 0.6) is 5.88 Å². The normalized spacial score (nSPS) is 15.0. The molecule has 2 N–H and O–H groups in total. The molecular weight excluding hydrogens is 399 g/mol. The van der Waals surface area contributed by atoms with E-state index in [1.807, 2.05) is 13.0 Å². The molecule has 0 saturated carbocycles. The molecule has 0 aliphatic carbocycles. The zero-order valence-corrected chi connectivity index (χ0v) is 17.2. The predicted octanol–water partition coefficient (Wildman–Crippen LogP) is 2.69. The Hall–Kier alpha value is -3.30. The number of ether oxygens (including phenoxy) is 2. The van der Waals surface area contributed by atoms with Gasteiger partial charge in [-0.05, 0) is 31.2 Å². The Morgan fingerprint density at radius 2 is 2.03 bits per heavy atom. The van der Waals surface area contributed by atoms with Crippen LogP contribution in [0.25, 0.3) is 27.7 Å². The molecule has 1 fully saturated rings. The number of nitrogens with two attached hydrogens (primary N) is 1. The Labute approximate surface area is 178 Å². The van der Waals surface area contributed by atoms with Crippen LogP contribution >= 0.6 is 0 Å². The van der Waals surface area contributed by atoms with Gasteiger partial charge in [0.2, 0.25) is 5.88 Å². The summed E-state index contributed by atoms with van der Waals surface area (Å²) in [5.74, 6) is 0.650. The summed E-state index contributed by atoms with van der Waals surface area (Å²) in [4.78, 5) is 11.4. The number of aromatic nitrogens is 4. The zero-order chi connectivity index (χ0) is 21.4. The first-order valence-corrected chi connectivity index (χ1v) is 10.2. The zero-order valence-electron chi connectivity index (χ0n) is 17.2. The van der Waals surface area contributed by atoms with Gasteiger partial charge in [-0.25, -0.2) is 4.39 Å². The maximum absolute atomic E-state index is 13.7. The SMILES string of the molecule is Cc1c(OCCN2CCOCC2)nc2c(-c3cnc4ccc(F)cc4c3)cnn2c1N. The highest BCUT2D eigenvalue weighted by Crippen LogP contribution is 2.30. The Morgan fingerprint density at radius 1 is 1.19 bits per heavy atom. The Balaban J connectivity index is 1.47. The number of benzene rings is 1. The van der Waals surface area contributed by atoms with Gasteiger partial charge in [-0.3, -0.25) is 9.88 Å². The van der Waals surface area contributed by atoms with E-state index in [0.29, 0.717) is 29.3 Å². The van der Waals surface area contributed by atoms with Gasteiger partial charge in [-0.15, -0.1) is 0 Å². The Kier molecular flexibility index (Phi) is 5.13. The minimum atomic E-state index is -0.305. The van der Waals surface area contributed by atoms with Crippen LogP contribution in [0.1, 0.15) is 5.56 Å². The van der Waals surface area contributed by atoms with Crippen LogP contribution in [0.2, 0.25) is 0 Å². The number of morpholine rings is 1. The standard InChI is InChI=1S/C22H23FN6O2/c1-14-20(24)29-21(27-22(14)31-9-6-28-4-7-30-8-5-28)18(13-26-29)16-10-15-11-17(23)2-3-19(15)25-12-16/h2-3,10-13H,4-9,24H2,1H3. The highest BCUT2D eigenvalue weighted by atomic mass is 19.1. The summed E-state index contributed by atoms with van der Waals surface area (Å²) in [6.45, 7) is 6.47. The van der Waals surface area contributed by atoms with Crippen molar-refractivity contribution in [1.29, 1.82) is 0 Å². The fourth-order valence-corrected chi connectivity index (χ4v) is 3.76. The van der Waals surface area contributed by atoms with Crippen molar-refractivity contribution in [3.05, 3.63) is 48.0 Å². The van der Waals surface area contributed by atoms with Crippen LogP contribution in [0.15, 0.2) is 36.7 Å². The first kappa shape index (κ1) is 19.7. The molecule has 3 aromatic heterocycles. The average molecular weight is 422 g/mol. The monoisotopic (exact) mass is 422 g/mol. The summed E-state index contributed by atoms with van der Waals surface area (Å²) in [5, 5.41) is 5.10. The van der Waals surface area contributed by atoms with Crippen molar-refractivity contribution in [3.63, 3.8) is 0 Å². The van der Waals surface area contributed by atoms with Crippen molar-refractivity contribution in [1.82, 2.24) is 24.5 Å². The number of rotatable bonds is 5. The first-order chi connectivity index (χ1) is 15.1. The second-order valence-electron chi connectivity index (χ2n) is 7.58. The maximum Gasteiger partial charge on any atom is 0.222 e. The smallest absolute Gasteiger partial charge is 0.222 e. The van der Waals surface area contributed by atoms with Crippen molar-refractivity contribution < 1.29 is 13.9 Å². The molecule has 0 unspecified atom stereocenters. The molecule has 0 amide bonds. The largest absolute Gasteiger partial charge is 0.476 e. The van der Waals surface area contributed by atoms with E-state index in [1.165, 1.54) is 12.1 Å². The van der Waals surface area contributed by atoms with Crippen LogP contribution in [-0.2, 0) is 4.74 Å². The van der Waals surface area contributed by atoms with Crippen LogP contribution in [0.4, 0.5) is 10.2 Å². The van der Waals surface area contributed by atoms with Crippen LogP contribution in [0, 0.1) is 12.7 Å². The van der Waals surface area contributed by atoms with Crippen molar-refractivity contribution in [2.75, 3.05) is 45.2 Å². The lowest BCUT2D eigenvalue weighted by molar-refractivity contribution is 0.0320. The molecule has 5 rings (SSSR count). The number of pyridine rings is 1. The number of anilines is 1. The van der Waals surface area contributed by atoms with Gasteiger partial charge in [0.25, 0.3) is 0 Å². The molecule has 8 nitrogen and oxygen atoms in total. The summed E-state index contributed by atoms with van der Waals surface area (Å²) >= 11 is 0. The van der Waals surface area contributed by atoms with Gasteiger partial charge in [-0.2, -0.15) is 14.6 Å². The second kappa shape index (κ2) is 8.09. The third-order valence-corrected chi connectivity index (χ3v) is 5.59. The molecule has 9 heteroatoms. The van der Waals surface area contributed by atoms with E-state index in [1.54, 1.807) is 23.0 Å². The lowest BCUT2D eigenvalue weighted by Crippen LogP contribution is -2.38. The lowest BCUT2D eigenvalue weighted by Gasteiger charge is -2.26. The molecular formula is C22H23FN6O2. The Bertz CT molecular complexity index is 1250. The molecule has 4 aromatic rings. The summed E-state index contributed by atoms with van der Waals surface area (Å²) < 4.78 is 26.6. The van der Waals surface area contributed by atoms with E-state index < -0.39 is 0 Å². The minimum Gasteiger partial charge on any atom is -0.476 e. The minimum absolute atomic E-state index is 0.305. The van der Waals surface area contributed by atoms with Crippen molar-refractivity contribution >= 4 is 22.4 Å². The number of halogens is 1. The third kappa shape index (κ3) is 3.77. The molecule has 0 atom stereocenters. The van der Waals surface area contributed by atoms with E-state index in [2.05, 4.69) is 15.0 Å². The van der Waals surface area contributed by atoms with Crippen LogP contribution < -0.4 is 10.5 Å². The van der Waals surface area contributed by atoms with Gasteiger partial charge >= 0.3 is 0 Å². The van der Waals surface area contributed by atoms with Gasteiger partial charge in [0.05, 0.1) is 30.5 Å². The van der Waals surface area contributed by atoms with Crippen molar-refractivity contribution in [2.24, 2.45) is 0 Å². The van der Waals surface area contributed by atoms with Gasteiger partial charge in [0.1, 0.15) is 18.2 Å². The molecule has 4 heterocycles. The molecule has 1 aliphatic rings. The predicted molar refractivity (Wildman–Crippen MR) is 116 cm³/mol. The third-order valence-electron chi connectivity index (χ3n) is 5.59. The van der Waals surface area contributed by atoms with Gasteiger partial charge in [0, 0.05) is 42.3 Å². The molecule has 1 saturated heterocycles. The van der Waals surface area contributed by atoms with Gasteiger partial charge < -0.3 is 15.2 Å². The second-order valence-corrected chi connectivity index (χ2v) is 7.58. The topological polar surface area (TPSA) is 90.8 Å². The number of hydrogen-bond acceptors (Lipinski definition) is 7. The number of fused-ring (bicyclic) bond motifs is 2. The van der Waals surface area contributed by atoms with Crippen LogP contribution in [0.3, 0.4) is 0 Å². The van der Waals surface area contributed by atoms with Gasteiger partial charge in [-0.1, -0.05) is 0 Å². The molecule has 0 radical (unpaired) electrons. The summed E-state index contributed by atoms with van der Waals surface area (Å²) in [6, 6.07) is 6.39. The highest BCUT2D eigenvalue weighted by molar-refractivity contribution is 5.87. The first-order valence-electron chi connectivity index (χ1n) is 10.2. The quantitative estimate of drug-likeness (QED) is 0.529. The van der Waals surface area contributed by atoms with Crippen LogP contribution in [-0.4, -0.2) is 63.9 Å². The fraction of sp³-hybridized carbons (Fsp3) is 0.318. The molecule has 1 aromatic carbocycles. The van der Waals surface area contributed by atoms with E-state index in [9.17, 15) is 4.39 Å². The van der Waals surface area contributed by atoms with Gasteiger partial charge in [0.15, 0.2) is 5.65 Å². The lowest BCUT2D eigenvalue weighted by atomic mass is 10.1. The van der Waals surface area contributed by atoms with E-state index >= 15 is 0 Å².